The van der Waals surface area contributed by atoms with Crippen molar-refractivity contribution in [1.82, 2.24) is 15.1 Å². The Morgan fingerprint density at radius 1 is 1.26 bits per heavy atom. The maximum atomic E-state index is 13.2. The van der Waals surface area contributed by atoms with E-state index in [-0.39, 0.29) is 11.8 Å². The molecule has 0 spiro atoms. The minimum atomic E-state index is -0.633. The normalized spacial score (nSPS) is 23.3. The van der Waals surface area contributed by atoms with Crippen molar-refractivity contribution in [3.8, 4) is 0 Å². The number of ether oxygens (including phenoxy) is 1. The smallest absolute Gasteiger partial charge is 0.252 e. The largest absolute Gasteiger partial charge is 0.379 e. The van der Waals surface area contributed by atoms with Gasteiger partial charge in [-0.3, -0.25) is 19.4 Å². The number of amides is 2. The van der Waals surface area contributed by atoms with E-state index < -0.39 is 10.8 Å². The first kappa shape index (κ1) is 20.3. The lowest BCUT2D eigenvalue weighted by Crippen LogP contribution is -2.63. The highest BCUT2D eigenvalue weighted by atomic mass is 32.2. The van der Waals surface area contributed by atoms with Gasteiger partial charge in [-0.2, -0.15) is 0 Å². The molecule has 2 saturated heterocycles. The summed E-state index contributed by atoms with van der Waals surface area (Å²) in [5.41, 5.74) is 0.541. The van der Waals surface area contributed by atoms with E-state index in [1.54, 1.807) is 29.2 Å². The van der Waals surface area contributed by atoms with Crippen LogP contribution in [-0.2, 0) is 9.53 Å². The summed E-state index contributed by atoms with van der Waals surface area (Å²) in [6.07, 6.45) is 0. The van der Waals surface area contributed by atoms with E-state index in [9.17, 15) is 9.59 Å². The van der Waals surface area contributed by atoms with Crippen LogP contribution in [0.2, 0.25) is 0 Å². The van der Waals surface area contributed by atoms with Gasteiger partial charge in [-0.15, -0.1) is 0 Å². The number of nitrogens with one attached hydrogen (secondary N) is 1. The molecule has 1 aromatic rings. The van der Waals surface area contributed by atoms with Crippen LogP contribution in [0.3, 0.4) is 0 Å². The molecule has 1 atom stereocenters. The Kier molecular flexibility index (Phi) is 6.52. The Morgan fingerprint density at radius 2 is 1.93 bits per heavy atom. The summed E-state index contributed by atoms with van der Waals surface area (Å²) in [5, 5.41) is 2.92. The first-order chi connectivity index (χ1) is 12.9. The second kappa shape index (κ2) is 8.68. The number of morpholine rings is 1. The van der Waals surface area contributed by atoms with Crippen molar-refractivity contribution in [3.05, 3.63) is 35.9 Å². The lowest BCUT2D eigenvalue weighted by molar-refractivity contribution is -0.130. The molecule has 8 heteroatoms. The summed E-state index contributed by atoms with van der Waals surface area (Å²) in [6.45, 7) is 8.32. The summed E-state index contributed by atoms with van der Waals surface area (Å²) < 4.78 is 5.43. The number of benzene rings is 1. The fourth-order valence-corrected chi connectivity index (χ4v) is 5.03. The van der Waals surface area contributed by atoms with Crippen LogP contribution in [0.4, 0.5) is 0 Å². The summed E-state index contributed by atoms with van der Waals surface area (Å²) in [7, 11) is 0. The van der Waals surface area contributed by atoms with Gasteiger partial charge in [-0.1, -0.05) is 42.2 Å². The lowest BCUT2D eigenvalue weighted by Gasteiger charge is -2.43. The fraction of sp³-hybridized carbons (Fsp3) is 0.526. The van der Waals surface area contributed by atoms with E-state index in [1.807, 2.05) is 19.9 Å². The molecule has 27 heavy (non-hydrogen) atoms. The van der Waals surface area contributed by atoms with Crippen molar-refractivity contribution >= 4 is 40.1 Å². The van der Waals surface area contributed by atoms with Crippen LogP contribution in [0, 0.1) is 0 Å². The Labute approximate surface area is 169 Å². The van der Waals surface area contributed by atoms with Crippen LogP contribution in [0.25, 0.3) is 0 Å². The van der Waals surface area contributed by atoms with Crippen LogP contribution >= 0.6 is 24.0 Å². The number of carbonyl (C=O) groups excluding carboxylic acids is 2. The lowest BCUT2D eigenvalue weighted by atomic mass is 10.0. The summed E-state index contributed by atoms with van der Waals surface area (Å²) in [6, 6.07) is 8.32. The van der Waals surface area contributed by atoms with E-state index in [0.29, 0.717) is 16.4 Å². The second-order valence-electron chi connectivity index (χ2n) is 7.19. The third kappa shape index (κ3) is 4.87. The number of thioether (sulfide) groups is 1. The molecule has 0 saturated carbocycles. The molecule has 2 amide bonds. The van der Waals surface area contributed by atoms with Crippen LogP contribution in [0.5, 0.6) is 0 Å². The van der Waals surface area contributed by atoms with Crippen LogP contribution in [0.15, 0.2) is 30.3 Å². The zero-order valence-electron chi connectivity index (χ0n) is 15.6. The summed E-state index contributed by atoms with van der Waals surface area (Å²) >= 11 is 6.96. The molecule has 0 aromatic heterocycles. The zero-order valence-corrected chi connectivity index (χ0v) is 17.3. The highest BCUT2D eigenvalue weighted by molar-refractivity contribution is 8.24. The number of rotatable bonds is 5. The van der Waals surface area contributed by atoms with Crippen molar-refractivity contribution in [2.75, 3.05) is 39.4 Å². The van der Waals surface area contributed by atoms with Gasteiger partial charge in [0.2, 0.25) is 0 Å². The van der Waals surface area contributed by atoms with Gasteiger partial charge in [0.25, 0.3) is 11.8 Å². The monoisotopic (exact) mass is 407 g/mol. The quantitative estimate of drug-likeness (QED) is 0.751. The van der Waals surface area contributed by atoms with Gasteiger partial charge in [-0.25, -0.2) is 0 Å². The van der Waals surface area contributed by atoms with Gasteiger partial charge in [0.15, 0.2) is 0 Å². The highest BCUT2D eigenvalue weighted by Gasteiger charge is 2.46. The number of hydrogen-bond donors (Lipinski definition) is 1. The minimum absolute atomic E-state index is 0.138. The van der Waals surface area contributed by atoms with Crippen molar-refractivity contribution in [2.24, 2.45) is 0 Å². The van der Waals surface area contributed by atoms with E-state index in [2.05, 4.69) is 10.2 Å². The Morgan fingerprint density at radius 3 is 2.59 bits per heavy atom. The molecule has 2 aliphatic rings. The molecule has 0 aliphatic carbocycles. The molecule has 3 rings (SSSR count). The van der Waals surface area contributed by atoms with Gasteiger partial charge in [0.05, 0.1) is 13.2 Å². The third-order valence-electron chi connectivity index (χ3n) is 4.83. The minimum Gasteiger partial charge on any atom is -0.379 e. The average molecular weight is 408 g/mol. The van der Waals surface area contributed by atoms with Gasteiger partial charge < -0.3 is 10.1 Å². The van der Waals surface area contributed by atoms with E-state index in [4.69, 9.17) is 17.0 Å². The fourth-order valence-electron chi connectivity index (χ4n) is 3.19. The van der Waals surface area contributed by atoms with Crippen LogP contribution in [-0.4, -0.2) is 76.1 Å². The molecule has 1 aromatic carbocycles. The number of thiocarbonyl (C=S) groups is 1. The predicted octanol–water partition coefficient (Wildman–Crippen LogP) is 1.76. The van der Waals surface area contributed by atoms with E-state index >= 15 is 0 Å². The Bertz CT molecular complexity index is 705. The second-order valence-corrected chi connectivity index (χ2v) is 9.48. The molecule has 2 fully saturated rings. The van der Waals surface area contributed by atoms with Crippen molar-refractivity contribution in [2.45, 2.75) is 24.6 Å². The number of carbonyl (C=O) groups is 2. The maximum absolute atomic E-state index is 13.2. The zero-order chi connectivity index (χ0) is 19.4. The molecular formula is C19H25N3O3S2. The topological polar surface area (TPSA) is 61.9 Å². The van der Waals surface area contributed by atoms with Crippen molar-refractivity contribution < 1.29 is 14.3 Å². The first-order valence-corrected chi connectivity index (χ1v) is 10.3. The van der Waals surface area contributed by atoms with E-state index in [0.717, 1.165) is 32.8 Å². The Balaban J connectivity index is 1.69. The molecule has 2 heterocycles. The first-order valence-electron chi connectivity index (χ1n) is 9.09. The molecule has 0 bridgehead atoms. The standard InChI is InChI=1S/C19H25N3O3S2/c1-19(2)15(20-16(23)14-6-4-3-5-7-14)17(24)22(18(26)27-19)9-8-21-10-12-25-13-11-21/h3-7,15H,8-13H2,1-2H3,(H,20,23). The molecule has 1 unspecified atom stereocenters. The molecular weight excluding hydrogens is 382 g/mol. The molecule has 0 radical (unpaired) electrons. The molecule has 146 valence electrons. The predicted molar refractivity (Wildman–Crippen MR) is 111 cm³/mol. The van der Waals surface area contributed by atoms with Crippen molar-refractivity contribution in [3.63, 3.8) is 0 Å². The molecule has 2 aliphatic heterocycles. The third-order valence-corrected chi connectivity index (χ3v) is 6.46. The summed E-state index contributed by atoms with van der Waals surface area (Å²) in [5.74, 6) is -0.384. The summed E-state index contributed by atoms with van der Waals surface area (Å²) in [4.78, 5) is 29.7. The van der Waals surface area contributed by atoms with E-state index in [1.165, 1.54) is 11.8 Å². The van der Waals surface area contributed by atoms with Gasteiger partial charge in [0, 0.05) is 36.5 Å². The highest BCUT2D eigenvalue weighted by Crippen LogP contribution is 2.36. The van der Waals surface area contributed by atoms with Gasteiger partial charge in [0.1, 0.15) is 10.4 Å². The molecule has 1 N–H and O–H groups in total. The van der Waals surface area contributed by atoms with Gasteiger partial charge in [-0.05, 0) is 26.0 Å². The van der Waals surface area contributed by atoms with Gasteiger partial charge >= 0.3 is 0 Å². The number of hydrogen-bond acceptors (Lipinski definition) is 6. The SMILES string of the molecule is CC1(C)SC(=S)N(CCN2CCOCC2)C(=O)C1NC(=O)c1ccccc1. The number of nitrogens with zero attached hydrogens (tertiary/aromatic N) is 2. The maximum Gasteiger partial charge on any atom is 0.252 e. The Hall–Kier alpha value is -1.48. The van der Waals surface area contributed by atoms with Crippen molar-refractivity contribution in [1.29, 1.82) is 0 Å². The average Bonchev–Trinajstić information content (AvgIpc) is 2.66. The van der Waals surface area contributed by atoms with Crippen LogP contribution in [0.1, 0.15) is 24.2 Å². The van der Waals surface area contributed by atoms with Crippen LogP contribution < -0.4 is 5.32 Å². The molecule has 6 nitrogen and oxygen atoms in total.